The summed E-state index contributed by atoms with van der Waals surface area (Å²) in [6.07, 6.45) is 2.34. The van der Waals surface area contributed by atoms with E-state index in [1.54, 1.807) is 0 Å². The summed E-state index contributed by atoms with van der Waals surface area (Å²) in [6, 6.07) is 6.64. The van der Waals surface area contributed by atoms with Crippen molar-refractivity contribution in [3.8, 4) is 0 Å². The highest BCUT2D eigenvalue weighted by Crippen LogP contribution is 2.31. The third kappa shape index (κ3) is 1.29. The fourth-order valence-corrected chi connectivity index (χ4v) is 1.88. The van der Waals surface area contributed by atoms with E-state index in [2.05, 4.69) is 18.3 Å². The van der Waals surface area contributed by atoms with Gasteiger partial charge in [0.1, 0.15) is 0 Å². The van der Waals surface area contributed by atoms with E-state index in [1.807, 2.05) is 12.1 Å². The predicted molar refractivity (Wildman–Crippen MR) is 52.9 cm³/mol. The number of anilines is 1. The molecule has 64 valence electrons. The van der Waals surface area contributed by atoms with Crippen molar-refractivity contribution in [2.45, 2.75) is 25.8 Å². The fraction of sp³-hybridized carbons (Fsp3) is 0.400. The lowest BCUT2D eigenvalue weighted by Gasteiger charge is -2.24. The lowest BCUT2D eigenvalue weighted by atomic mass is 9.99. The van der Waals surface area contributed by atoms with Crippen molar-refractivity contribution in [3.63, 3.8) is 0 Å². The molecule has 0 spiro atoms. The van der Waals surface area contributed by atoms with E-state index in [0.29, 0.717) is 6.04 Å². The SMILES string of the molecule is CC1CCc2cccc(Cl)c2N1. The Kier molecular flexibility index (Phi) is 1.97. The molecule has 0 radical (unpaired) electrons. The lowest BCUT2D eigenvalue weighted by Crippen LogP contribution is -2.21. The molecule has 1 heterocycles. The third-order valence-electron chi connectivity index (χ3n) is 2.34. The Morgan fingerprint density at radius 1 is 1.50 bits per heavy atom. The number of aryl methyl sites for hydroxylation is 1. The zero-order chi connectivity index (χ0) is 8.55. The van der Waals surface area contributed by atoms with Gasteiger partial charge >= 0.3 is 0 Å². The Balaban J connectivity index is 2.43. The summed E-state index contributed by atoms with van der Waals surface area (Å²) in [5.74, 6) is 0. The van der Waals surface area contributed by atoms with Gasteiger partial charge in [-0.1, -0.05) is 23.7 Å². The minimum atomic E-state index is 0.553. The van der Waals surface area contributed by atoms with Crippen LogP contribution >= 0.6 is 11.6 Å². The number of nitrogens with one attached hydrogen (secondary N) is 1. The molecule has 0 fully saturated rings. The van der Waals surface area contributed by atoms with E-state index in [0.717, 1.165) is 17.1 Å². The van der Waals surface area contributed by atoms with Crippen molar-refractivity contribution in [3.05, 3.63) is 28.8 Å². The topological polar surface area (TPSA) is 12.0 Å². The zero-order valence-electron chi connectivity index (χ0n) is 7.10. The quantitative estimate of drug-likeness (QED) is 0.649. The Morgan fingerprint density at radius 2 is 2.33 bits per heavy atom. The van der Waals surface area contributed by atoms with Gasteiger partial charge in [0.25, 0.3) is 0 Å². The monoisotopic (exact) mass is 181 g/mol. The summed E-state index contributed by atoms with van der Waals surface area (Å²) in [5.41, 5.74) is 2.48. The molecule has 1 N–H and O–H groups in total. The summed E-state index contributed by atoms with van der Waals surface area (Å²) >= 11 is 6.04. The number of halogens is 1. The Morgan fingerprint density at radius 3 is 3.17 bits per heavy atom. The first kappa shape index (κ1) is 7.93. The van der Waals surface area contributed by atoms with E-state index < -0.39 is 0 Å². The van der Waals surface area contributed by atoms with Crippen molar-refractivity contribution < 1.29 is 0 Å². The first-order valence-electron chi connectivity index (χ1n) is 4.31. The number of hydrogen-bond acceptors (Lipinski definition) is 1. The van der Waals surface area contributed by atoms with Crippen LogP contribution in [0.1, 0.15) is 18.9 Å². The zero-order valence-corrected chi connectivity index (χ0v) is 7.86. The van der Waals surface area contributed by atoms with Crippen LogP contribution < -0.4 is 5.32 Å². The molecule has 0 bridgehead atoms. The van der Waals surface area contributed by atoms with Crippen LogP contribution in [0.5, 0.6) is 0 Å². The van der Waals surface area contributed by atoms with Gasteiger partial charge in [0.15, 0.2) is 0 Å². The van der Waals surface area contributed by atoms with E-state index in [1.165, 1.54) is 12.0 Å². The summed E-state index contributed by atoms with van der Waals surface area (Å²) in [4.78, 5) is 0. The Hall–Kier alpha value is -0.690. The highest BCUT2D eigenvalue weighted by molar-refractivity contribution is 6.33. The maximum atomic E-state index is 6.04. The number of benzene rings is 1. The second-order valence-corrected chi connectivity index (χ2v) is 3.77. The maximum absolute atomic E-state index is 6.04. The Labute approximate surface area is 77.7 Å². The van der Waals surface area contributed by atoms with Gasteiger partial charge in [-0.2, -0.15) is 0 Å². The molecular formula is C10H12ClN. The van der Waals surface area contributed by atoms with E-state index in [-0.39, 0.29) is 0 Å². The van der Waals surface area contributed by atoms with Crippen LogP contribution in [0.4, 0.5) is 5.69 Å². The molecule has 0 aliphatic carbocycles. The van der Waals surface area contributed by atoms with Gasteiger partial charge in [-0.3, -0.25) is 0 Å². The van der Waals surface area contributed by atoms with Crippen LogP contribution in [0.15, 0.2) is 18.2 Å². The molecule has 0 amide bonds. The first-order valence-corrected chi connectivity index (χ1v) is 4.69. The second-order valence-electron chi connectivity index (χ2n) is 3.36. The molecule has 1 nitrogen and oxygen atoms in total. The second kappa shape index (κ2) is 2.98. The smallest absolute Gasteiger partial charge is 0.0640 e. The number of rotatable bonds is 0. The van der Waals surface area contributed by atoms with Crippen molar-refractivity contribution in [1.82, 2.24) is 0 Å². The van der Waals surface area contributed by atoms with Crippen LogP contribution in [-0.4, -0.2) is 6.04 Å². The minimum absolute atomic E-state index is 0.553. The molecule has 1 aliphatic rings. The van der Waals surface area contributed by atoms with Crippen molar-refractivity contribution in [2.75, 3.05) is 5.32 Å². The molecule has 0 saturated carbocycles. The van der Waals surface area contributed by atoms with Crippen LogP contribution in [0, 0.1) is 0 Å². The Bertz CT molecular complexity index is 296. The fourth-order valence-electron chi connectivity index (χ4n) is 1.63. The van der Waals surface area contributed by atoms with Gasteiger partial charge in [0.2, 0.25) is 0 Å². The molecule has 1 aromatic rings. The summed E-state index contributed by atoms with van der Waals surface area (Å²) in [6.45, 7) is 2.19. The van der Waals surface area contributed by atoms with Gasteiger partial charge in [-0.05, 0) is 31.4 Å². The van der Waals surface area contributed by atoms with Gasteiger partial charge in [0.05, 0.1) is 10.7 Å². The normalized spacial score (nSPS) is 21.3. The average Bonchev–Trinajstić information content (AvgIpc) is 2.07. The van der Waals surface area contributed by atoms with Gasteiger partial charge < -0.3 is 5.32 Å². The molecule has 12 heavy (non-hydrogen) atoms. The maximum Gasteiger partial charge on any atom is 0.0640 e. The van der Waals surface area contributed by atoms with Gasteiger partial charge in [0, 0.05) is 6.04 Å². The summed E-state index contributed by atoms with van der Waals surface area (Å²) in [7, 11) is 0. The molecular weight excluding hydrogens is 170 g/mol. The summed E-state index contributed by atoms with van der Waals surface area (Å²) < 4.78 is 0. The predicted octanol–water partition coefficient (Wildman–Crippen LogP) is 3.09. The lowest BCUT2D eigenvalue weighted by molar-refractivity contribution is 0.681. The van der Waals surface area contributed by atoms with Crippen LogP contribution in [0.3, 0.4) is 0 Å². The minimum Gasteiger partial charge on any atom is -0.381 e. The van der Waals surface area contributed by atoms with E-state index in [4.69, 9.17) is 11.6 Å². The summed E-state index contributed by atoms with van der Waals surface area (Å²) in [5, 5.41) is 4.24. The highest BCUT2D eigenvalue weighted by Gasteiger charge is 2.15. The molecule has 0 aromatic heterocycles. The largest absolute Gasteiger partial charge is 0.381 e. The highest BCUT2D eigenvalue weighted by atomic mass is 35.5. The molecule has 1 aliphatic heterocycles. The molecule has 2 heteroatoms. The molecule has 1 unspecified atom stereocenters. The van der Waals surface area contributed by atoms with Crippen molar-refractivity contribution in [2.24, 2.45) is 0 Å². The van der Waals surface area contributed by atoms with Crippen LogP contribution in [0.2, 0.25) is 5.02 Å². The molecule has 2 rings (SSSR count). The standard InChI is InChI=1S/C10H12ClN/c1-7-5-6-8-3-2-4-9(11)10(8)12-7/h2-4,7,12H,5-6H2,1H3. The van der Waals surface area contributed by atoms with Crippen LogP contribution in [-0.2, 0) is 6.42 Å². The van der Waals surface area contributed by atoms with Crippen molar-refractivity contribution >= 4 is 17.3 Å². The van der Waals surface area contributed by atoms with E-state index in [9.17, 15) is 0 Å². The van der Waals surface area contributed by atoms with Crippen molar-refractivity contribution in [1.29, 1.82) is 0 Å². The number of para-hydroxylation sites is 1. The molecule has 0 saturated heterocycles. The third-order valence-corrected chi connectivity index (χ3v) is 2.65. The van der Waals surface area contributed by atoms with Crippen LogP contribution in [0.25, 0.3) is 0 Å². The number of hydrogen-bond donors (Lipinski definition) is 1. The number of fused-ring (bicyclic) bond motifs is 1. The molecule has 1 aromatic carbocycles. The first-order chi connectivity index (χ1) is 5.77. The van der Waals surface area contributed by atoms with Gasteiger partial charge in [-0.15, -0.1) is 0 Å². The average molecular weight is 182 g/mol. The molecule has 1 atom stereocenters. The van der Waals surface area contributed by atoms with Gasteiger partial charge in [-0.25, -0.2) is 0 Å². The van der Waals surface area contributed by atoms with E-state index >= 15 is 0 Å².